The van der Waals surface area contributed by atoms with E-state index < -0.39 is 0 Å². The number of hydrogen-bond donors (Lipinski definition) is 0. The molecular weight excluding hydrogens is 354 g/mol. The van der Waals surface area contributed by atoms with Crippen molar-refractivity contribution in [3.05, 3.63) is 91.4 Å². The van der Waals surface area contributed by atoms with Gasteiger partial charge in [-0.2, -0.15) is 4.98 Å². The highest BCUT2D eigenvalue weighted by Gasteiger charge is 2.19. The van der Waals surface area contributed by atoms with Crippen molar-refractivity contribution in [1.82, 2.24) is 15.0 Å². The van der Waals surface area contributed by atoms with Crippen LogP contribution in [0.15, 0.2) is 84.4 Å². The van der Waals surface area contributed by atoms with Crippen molar-refractivity contribution in [2.45, 2.75) is 6.54 Å². The molecule has 0 aliphatic heterocycles. The van der Waals surface area contributed by atoms with Crippen LogP contribution in [0.3, 0.4) is 0 Å². The number of aromatic nitrogens is 2. The Morgan fingerprint density at radius 2 is 1.93 bits per heavy atom. The monoisotopic (exact) mass is 375 g/mol. The van der Waals surface area contributed by atoms with Crippen molar-refractivity contribution in [3.63, 3.8) is 0 Å². The Labute approximate surface area is 163 Å². The zero-order valence-electron chi connectivity index (χ0n) is 15.5. The van der Waals surface area contributed by atoms with Gasteiger partial charge in [-0.3, -0.25) is 4.79 Å². The first-order valence-corrected chi connectivity index (χ1v) is 8.83. The van der Waals surface area contributed by atoms with E-state index in [1.807, 2.05) is 30.3 Å². The lowest BCUT2D eigenvalue weighted by molar-refractivity contribution is 0.0745. The first kappa shape index (κ1) is 19.1. The van der Waals surface area contributed by atoms with Crippen molar-refractivity contribution in [1.29, 1.82) is 0 Å². The molecule has 3 rings (SSSR count). The van der Waals surface area contributed by atoms with Crippen molar-refractivity contribution in [2.75, 3.05) is 13.2 Å². The zero-order valence-corrected chi connectivity index (χ0v) is 15.5. The molecular formula is C22H21N3O3. The fourth-order valence-corrected chi connectivity index (χ4v) is 2.62. The molecule has 0 saturated carbocycles. The van der Waals surface area contributed by atoms with Crippen LogP contribution >= 0.6 is 0 Å². The highest BCUT2D eigenvalue weighted by Crippen LogP contribution is 2.18. The molecule has 0 radical (unpaired) electrons. The topological polar surface area (TPSA) is 68.5 Å². The summed E-state index contributed by atoms with van der Waals surface area (Å²) in [7, 11) is 0. The SMILES string of the molecule is C=CCOc1cccc(C(=O)N(CC=C)Cc2nc(-c3ccccc3)no2)c1. The van der Waals surface area contributed by atoms with E-state index >= 15 is 0 Å². The maximum absolute atomic E-state index is 13.0. The highest BCUT2D eigenvalue weighted by molar-refractivity contribution is 5.94. The minimum atomic E-state index is -0.177. The molecule has 0 aliphatic carbocycles. The predicted molar refractivity (Wildman–Crippen MR) is 107 cm³/mol. The van der Waals surface area contributed by atoms with E-state index in [0.29, 0.717) is 36.2 Å². The van der Waals surface area contributed by atoms with Crippen LogP contribution in [0.1, 0.15) is 16.2 Å². The standard InChI is InChI=1S/C22H21N3O3/c1-3-13-25(22(26)18-11-8-12-19(15-18)27-14-4-2)16-20-23-21(24-28-20)17-9-6-5-7-10-17/h3-12,15H,1-2,13-14,16H2. The second-order valence-corrected chi connectivity index (χ2v) is 5.98. The van der Waals surface area contributed by atoms with E-state index in [1.54, 1.807) is 41.3 Å². The van der Waals surface area contributed by atoms with E-state index in [9.17, 15) is 4.79 Å². The third kappa shape index (κ3) is 4.73. The number of ether oxygens (including phenoxy) is 1. The summed E-state index contributed by atoms with van der Waals surface area (Å²) in [4.78, 5) is 18.9. The second kappa shape index (κ2) is 9.32. The molecule has 28 heavy (non-hydrogen) atoms. The van der Waals surface area contributed by atoms with Gasteiger partial charge in [0.1, 0.15) is 18.9 Å². The average Bonchev–Trinajstić information content (AvgIpc) is 3.21. The van der Waals surface area contributed by atoms with Gasteiger partial charge in [-0.25, -0.2) is 0 Å². The molecule has 6 nitrogen and oxygen atoms in total. The molecule has 0 fully saturated rings. The largest absolute Gasteiger partial charge is 0.490 e. The molecule has 1 heterocycles. The number of carbonyl (C=O) groups is 1. The van der Waals surface area contributed by atoms with Crippen LogP contribution in [-0.2, 0) is 6.54 Å². The van der Waals surface area contributed by atoms with Crippen molar-refractivity contribution < 1.29 is 14.1 Å². The molecule has 0 aliphatic rings. The molecule has 0 bridgehead atoms. The van der Waals surface area contributed by atoms with Crippen molar-refractivity contribution in [2.24, 2.45) is 0 Å². The maximum atomic E-state index is 13.0. The van der Waals surface area contributed by atoms with E-state index in [-0.39, 0.29) is 12.5 Å². The molecule has 0 saturated heterocycles. The summed E-state index contributed by atoms with van der Waals surface area (Å²) in [5, 5.41) is 4.00. The molecule has 3 aromatic rings. The Bertz CT molecular complexity index is 950. The number of benzene rings is 2. The van der Waals surface area contributed by atoms with Gasteiger partial charge in [0.2, 0.25) is 11.7 Å². The predicted octanol–water partition coefficient (Wildman–Crippen LogP) is 4.13. The summed E-state index contributed by atoms with van der Waals surface area (Å²) < 4.78 is 10.8. The van der Waals surface area contributed by atoms with Gasteiger partial charge in [-0.05, 0) is 18.2 Å². The van der Waals surface area contributed by atoms with Crippen LogP contribution in [0.2, 0.25) is 0 Å². The number of amides is 1. The van der Waals surface area contributed by atoms with Gasteiger partial charge in [0, 0.05) is 17.7 Å². The molecule has 0 spiro atoms. The van der Waals surface area contributed by atoms with Gasteiger partial charge in [0.05, 0.1) is 0 Å². The highest BCUT2D eigenvalue weighted by atomic mass is 16.5. The van der Waals surface area contributed by atoms with Crippen LogP contribution in [0, 0.1) is 0 Å². The summed E-state index contributed by atoms with van der Waals surface area (Å²) >= 11 is 0. The first-order valence-electron chi connectivity index (χ1n) is 8.83. The van der Waals surface area contributed by atoms with Gasteiger partial charge in [0.15, 0.2) is 0 Å². The normalized spacial score (nSPS) is 10.3. The minimum Gasteiger partial charge on any atom is -0.490 e. The zero-order chi connectivity index (χ0) is 19.8. The van der Waals surface area contributed by atoms with E-state index in [1.165, 1.54) is 0 Å². The molecule has 0 unspecified atom stereocenters. The van der Waals surface area contributed by atoms with E-state index in [2.05, 4.69) is 23.3 Å². The van der Waals surface area contributed by atoms with Gasteiger partial charge < -0.3 is 14.2 Å². The van der Waals surface area contributed by atoms with E-state index in [0.717, 1.165) is 5.56 Å². The van der Waals surface area contributed by atoms with Gasteiger partial charge in [-0.1, -0.05) is 60.3 Å². The quantitative estimate of drug-likeness (QED) is 0.526. The third-order valence-electron chi connectivity index (χ3n) is 3.91. The smallest absolute Gasteiger partial charge is 0.254 e. The Balaban J connectivity index is 1.76. The van der Waals surface area contributed by atoms with Gasteiger partial charge in [0.25, 0.3) is 5.91 Å². The lowest BCUT2D eigenvalue weighted by Gasteiger charge is -2.19. The fraction of sp³-hybridized carbons (Fsp3) is 0.136. The lowest BCUT2D eigenvalue weighted by Crippen LogP contribution is -2.30. The van der Waals surface area contributed by atoms with Crippen LogP contribution in [0.5, 0.6) is 5.75 Å². The van der Waals surface area contributed by atoms with Crippen LogP contribution < -0.4 is 4.74 Å². The Morgan fingerprint density at radius 3 is 2.68 bits per heavy atom. The second-order valence-electron chi connectivity index (χ2n) is 5.98. The average molecular weight is 375 g/mol. The summed E-state index contributed by atoms with van der Waals surface area (Å²) in [5.74, 6) is 1.27. The van der Waals surface area contributed by atoms with Crippen LogP contribution in [0.25, 0.3) is 11.4 Å². The lowest BCUT2D eigenvalue weighted by atomic mass is 10.2. The summed E-state index contributed by atoms with van der Waals surface area (Å²) in [6.45, 7) is 8.26. The first-order chi connectivity index (χ1) is 13.7. The number of carbonyl (C=O) groups excluding carboxylic acids is 1. The molecule has 0 atom stereocenters. The van der Waals surface area contributed by atoms with Crippen molar-refractivity contribution >= 4 is 5.91 Å². The summed E-state index contributed by atoms with van der Waals surface area (Å²) in [6, 6.07) is 16.5. The van der Waals surface area contributed by atoms with Crippen molar-refractivity contribution in [3.8, 4) is 17.1 Å². The molecule has 142 valence electrons. The molecule has 1 aromatic heterocycles. The minimum absolute atomic E-state index is 0.177. The Morgan fingerprint density at radius 1 is 1.11 bits per heavy atom. The third-order valence-corrected chi connectivity index (χ3v) is 3.91. The number of rotatable bonds is 9. The van der Waals surface area contributed by atoms with E-state index in [4.69, 9.17) is 9.26 Å². The maximum Gasteiger partial charge on any atom is 0.254 e. The molecule has 2 aromatic carbocycles. The molecule has 1 amide bonds. The number of hydrogen-bond acceptors (Lipinski definition) is 5. The molecule has 6 heteroatoms. The molecule has 0 N–H and O–H groups in total. The summed E-state index contributed by atoms with van der Waals surface area (Å²) in [5.41, 5.74) is 1.36. The van der Waals surface area contributed by atoms with Crippen LogP contribution in [-0.4, -0.2) is 34.1 Å². The van der Waals surface area contributed by atoms with Gasteiger partial charge in [-0.15, -0.1) is 6.58 Å². The van der Waals surface area contributed by atoms with Gasteiger partial charge >= 0.3 is 0 Å². The number of nitrogens with zero attached hydrogens (tertiary/aromatic N) is 3. The Kier molecular flexibility index (Phi) is 6.36. The Hall–Kier alpha value is -3.67. The van der Waals surface area contributed by atoms with Crippen LogP contribution in [0.4, 0.5) is 0 Å². The fourth-order valence-electron chi connectivity index (χ4n) is 2.62. The summed E-state index contributed by atoms with van der Waals surface area (Å²) in [6.07, 6.45) is 3.31.